The predicted octanol–water partition coefficient (Wildman–Crippen LogP) is 3.07. The zero-order valence-corrected chi connectivity index (χ0v) is 20.4. The number of allylic oxidation sites excluding steroid dienone is 1. The number of nitrogens with one attached hydrogen (secondary N) is 3. The van der Waals surface area contributed by atoms with E-state index in [4.69, 9.17) is 20.6 Å². The van der Waals surface area contributed by atoms with Crippen molar-refractivity contribution in [3.63, 3.8) is 0 Å². The molecule has 1 amide bonds. The number of methoxy groups -OCH3 is 2. The summed E-state index contributed by atoms with van der Waals surface area (Å²) in [6.45, 7) is 6.20. The fraction of sp³-hybridized carbons (Fsp3) is 0.385. The quantitative estimate of drug-likeness (QED) is 0.424. The minimum atomic E-state index is -0.298. The molecule has 3 rings (SSSR count). The highest BCUT2D eigenvalue weighted by Crippen LogP contribution is 2.23. The van der Waals surface area contributed by atoms with E-state index < -0.39 is 0 Å². The Bertz CT molecular complexity index is 1000. The second-order valence-corrected chi connectivity index (χ2v) is 8.72. The Balaban J connectivity index is 1.54. The van der Waals surface area contributed by atoms with Gasteiger partial charge in [-0.2, -0.15) is 0 Å². The molecule has 0 spiro atoms. The average Bonchev–Trinajstić information content (AvgIpc) is 2.81. The molecule has 8 nitrogen and oxygen atoms in total. The van der Waals surface area contributed by atoms with Gasteiger partial charge in [-0.25, -0.2) is 0 Å². The van der Waals surface area contributed by atoms with Gasteiger partial charge in [0.25, 0.3) is 5.91 Å². The minimum Gasteiger partial charge on any atom is -0.497 e. The largest absolute Gasteiger partial charge is 0.497 e. The summed E-state index contributed by atoms with van der Waals surface area (Å²) in [6.07, 6.45) is 2.56. The Hall–Kier alpha value is -3.52. The summed E-state index contributed by atoms with van der Waals surface area (Å²) in [5.74, 6) is 1.25. The van der Waals surface area contributed by atoms with Crippen LogP contribution in [0.5, 0.6) is 11.5 Å². The van der Waals surface area contributed by atoms with Gasteiger partial charge in [-0.3, -0.25) is 4.79 Å². The van der Waals surface area contributed by atoms with Gasteiger partial charge in [0.2, 0.25) is 0 Å². The van der Waals surface area contributed by atoms with Crippen molar-refractivity contribution in [2.24, 2.45) is 5.73 Å². The highest BCUT2D eigenvalue weighted by molar-refractivity contribution is 5.97. The third-order valence-electron chi connectivity index (χ3n) is 5.73. The maximum atomic E-state index is 12.6. The summed E-state index contributed by atoms with van der Waals surface area (Å²) in [7, 11) is 3.21. The lowest BCUT2D eigenvalue weighted by Crippen LogP contribution is -2.54. The van der Waals surface area contributed by atoms with Gasteiger partial charge in [-0.05, 0) is 74.7 Å². The van der Waals surface area contributed by atoms with Crippen LogP contribution in [0.15, 0.2) is 54.4 Å². The Morgan fingerprint density at radius 2 is 1.71 bits per heavy atom. The number of aryl methyl sites for hydroxylation is 1. The molecular formula is C26H35N5O3. The van der Waals surface area contributed by atoms with Gasteiger partial charge < -0.3 is 36.2 Å². The maximum absolute atomic E-state index is 12.6. The molecule has 0 saturated carbocycles. The number of carbonyl (C=O) groups is 1. The van der Waals surface area contributed by atoms with Gasteiger partial charge in [-0.1, -0.05) is 0 Å². The van der Waals surface area contributed by atoms with Crippen molar-refractivity contribution >= 4 is 17.3 Å². The molecule has 0 radical (unpaired) electrons. The number of carbonyl (C=O) groups excluding carboxylic acids is 1. The Morgan fingerprint density at radius 1 is 1.12 bits per heavy atom. The summed E-state index contributed by atoms with van der Waals surface area (Å²) in [5.41, 5.74) is 8.90. The fourth-order valence-electron chi connectivity index (χ4n) is 4.15. The summed E-state index contributed by atoms with van der Waals surface area (Å²) >= 11 is 0. The first-order chi connectivity index (χ1) is 16.3. The van der Waals surface area contributed by atoms with E-state index in [0.29, 0.717) is 47.7 Å². The van der Waals surface area contributed by atoms with Crippen LogP contribution < -0.4 is 30.7 Å². The molecule has 5 N–H and O–H groups in total. The van der Waals surface area contributed by atoms with Crippen LogP contribution >= 0.6 is 0 Å². The van der Waals surface area contributed by atoms with E-state index in [2.05, 4.69) is 29.4 Å². The minimum absolute atomic E-state index is 0.145. The number of hydrogen-bond acceptors (Lipinski definition) is 7. The van der Waals surface area contributed by atoms with Crippen molar-refractivity contribution < 1.29 is 14.3 Å². The van der Waals surface area contributed by atoms with E-state index >= 15 is 0 Å². The van der Waals surface area contributed by atoms with E-state index in [1.807, 2.05) is 24.3 Å². The van der Waals surface area contributed by atoms with Crippen molar-refractivity contribution in [1.29, 1.82) is 5.41 Å². The standard InChI is InChI=1S/C26H35N5O3/c1-17-15-31(16-18(2)29-17)22-9-6-20(7-10-22)26(32)30-25(28)13-21(27)8-5-19-11-23(33-3)14-24(12-19)34-4/h6-7,9-14,17-18,27,29H,5,8,15-16,28H2,1-4H3,(H,30,32)/b25-13+,27-21?/t17-,18+. The van der Waals surface area contributed by atoms with Crippen LogP contribution in [0.3, 0.4) is 0 Å². The fourth-order valence-corrected chi connectivity index (χ4v) is 4.15. The Kier molecular flexibility index (Phi) is 8.54. The van der Waals surface area contributed by atoms with Gasteiger partial charge >= 0.3 is 0 Å². The molecule has 34 heavy (non-hydrogen) atoms. The molecule has 1 fully saturated rings. The topological polar surface area (TPSA) is 113 Å². The number of amides is 1. The molecule has 2 aromatic carbocycles. The van der Waals surface area contributed by atoms with E-state index in [-0.39, 0.29) is 11.7 Å². The Labute approximate surface area is 201 Å². The number of nitrogens with zero attached hydrogens (tertiary/aromatic N) is 1. The lowest BCUT2D eigenvalue weighted by atomic mass is 10.1. The first-order valence-corrected chi connectivity index (χ1v) is 11.5. The van der Waals surface area contributed by atoms with E-state index in [9.17, 15) is 4.79 Å². The van der Waals surface area contributed by atoms with Crippen LogP contribution in [0.25, 0.3) is 0 Å². The van der Waals surface area contributed by atoms with Gasteiger partial charge in [0, 0.05) is 48.2 Å². The predicted molar refractivity (Wildman–Crippen MR) is 136 cm³/mol. The zero-order chi connectivity index (χ0) is 24.7. The molecule has 2 atom stereocenters. The molecule has 1 aliphatic heterocycles. The van der Waals surface area contributed by atoms with Crippen molar-refractivity contribution in [2.45, 2.75) is 38.8 Å². The SMILES string of the molecule is COc1cc(CCC(=N)/C=C(\N)NC(=O)c2ccc(N3C[C@@H](C)N[C@@H](C)C3)cc2)cc(OC)c1. The van der Waals surface area contributed by atoms with Crippen LogP contribution in [0.1, 0.15) is 36.2 Å². The van der Waals surface area contributed by atoms with Gasteiger partial charge in [0.15, 0.2) is 0 Å². The zero-order valence-electron chi connectivity index (χ0n) is 20.4. The average molecular weight is 466 g/mol. The van der Waals surface area contributed by atoms with Crippen LogP contribution in [-0.2, 0) is 6.42 Å². The normalized spacial score (nSPS) is 18.4. The van der Waals surface area contributed by atoms with Crippen molar-refractivity contribution in [1.82, 2.24) is 10.6 Å². The highest BCUT2D eigenvalue weighted by atomic mass is 16.5. The van der Waals surface area contributed by atoms with Crippen molar-refractivity contribution in [2.75, 3.05) is 32.2 Å². The summed E-state index contributed by atoms with van der Waals surface area (Å²) < 4.78 is 10.6. The maximum Gasteiger partial charge on any atom is 0.256 e. The highest BCUT2D eigenvalue weighted by Gasteiger charge is 2.21. The molecule has 8 heteroatoms. The number of ether oxygens (including phenoxy) is 2. The van der Waals surface area contributed by atoms with Crippen LogP contribution in [-0.4, -0.2) is 51.0 Å². The molecule has 1 saturated heterocycles. The number of anilines is 1. The van der Waals surface area contributed by atoms with Crippen LogP contribution in [0.2, 0.25) is 0 Å². The second-order valence-electron chi connectivity index (χ2n) is 8.72. The number of piperazine rings is 1. The third-order valence-corrected chi connectivity index (χ3v) is 5.73. The molecule has 1 aliphatic rings. The second kappa shape index (κ2) is 11.6. The smallest absolute Gasteiger partial charge is 0.256 e. The van der Waals surface area contributed by atoms with Crippen LogP contribution in [0.4, 0.5) is 5.69 Å². The summed E-state index contributed by atoms with van der Waals surface area (Å²) in [5, 5.41) is 14.4. The number of hydrogen-bond donors (Lipinski definition) is 4. The molecule has 182 valence electrons. The van der Waals surface area contributed by atoms with Crippen LogP contribution in [0, 0.1) is 5.41 Å². The number of benzene rings is 2. The van der Waals surface area contributed by atoms with E-state index in [0.717, 1.165) is 24.3 Å². The lowest BCUT2D eigenvalue weighted by Gasteiger charge is -2.37. The number of rotatable bonds is 9. The molecule has 0 bridgehead atoms. The van der Waals surface area contributed by atoms with Gasteiger partial charge in [-0.15, -0.1) is 0 Å². The lowest BCUT2D eigenvalue weighted by molar-refractivity contribution is 0.0965. The number of nitrogens with two attached hydrogens (primary N) is 1. The third kappa shape index (κ3) is 6.99. The first-order valence-electron chi connectivity index (χ1n) is 11.5. The molecule has 0 aliphatic carbocycles. The monoisotopic (exact) mass is 465 g/mol. The summed E-state index contributed by atoms with van der Waals surface area (Å²) in [6, 6.07) is 14.0. The van der Waals surface area contributed by atoms with Gasteiger partial charge in [0.05, 0.1) is 14.2 Å². The molecule has 2 aromatic rings. The molecule has 1 heterocycles. The Morgan fingerprint density at radius 3 is 2.26 bits per heavy atom. The first kappa shape index (κ1) is 25.1. The van der Waals surface area contributed by atoms with Crippen molar-refractivity contribution in [3.8, 4) is 11.5 Å². The molecule has 0 unspecified atom stereocenters. The van der Waals surface area contributed by atoms with E-state index in [1.54, 1.807) is 32.4 Å². The van der Waals surface area contributed by atoms with E-state index in [1.165, 1.54) is 6.08 Å². The van der Waals surface area contributed by atoms with Crippen molar-refractivity contribution in [3.05, 3.63) is 65.5 Å². The molecular weight excluding hydrogens is 430 g/mol. The summed E-state index contributed by atoms with van der Waals surface area (Å²) in [4.78, 5) is 14.9. The molecule has 0 aromatic heterocycles. The van der Waals surface area contributed by atoms with Gasteiger partial charge in [0.1, 0.15) is 17.3 Å².